The minimum Gasteiger partial charge on any atom is -0.444 e. The fourth-order valence-electron chi connectivity index (χ4n) is 3.82. The van der Waals surface area contributed by atoms with E-state index in [0.29, 0.717) is 39.0 Å². The summed E-state index contributed by atoms with van der Waals surface area (Å²) < 4.78 is 38.0. The fourth-order valence-corrected chi connectivity index (χ4v) is 5.46. The van der Waals surface area contributed by atoms with Crippen LogP contribution in [0.4, 0.5) is 4.79 Å². The van der Waals surface area contributed by atoms with Gasteiger partial charge in [-0.05, 0) is 53.0 Å². The van der Waals surface area contributed by atoms with Crippen molar-refractivity contribution in [1.82, 2.24) is 14.9 Å². The molecule has 2 N–H and O–H groups in total. The molecule has 0 aromatic rings. The number of carbonyl (C=O) groups is 2. The molecule has 0 bridgehead atoms. The zero-order valence-electron chi connectivity index (χ0n) is 18.0. The van der Waals surface area contributed by atoms with Crippen LogP contribution in [0.15, 0.2) is 12.7 Å². The smallest absolute Gasteiger partial charge is 0.408 e. The van der Waals surface area contributed by atoms with Crippen molar-refractivity contribution in [2.75, 3.05) is 32.8 Å². The first-order chi connectivity index (χ1) is 13.9. The number of rotatable bonds is 8. The van der Waals surface area contributed by atoms with Crippen molar-refractivity contribution < 1.29 is 27.5 Å². The molecule has 170 valence electrons. The Hall–Kier alpha value is -1.65. The van der Waals surface area contributed by atoms with Crippen LogP contribution in [0.25, 0.3) is 0 Å². The zero-order valence-corrected chi connectivity index (χ0v) is 18.8. The summed E-state index contributed by atoms with van der Waals surface area (Å²) >= 11 is 0. The third-order valence-corrected chi connectivity index (χ3v) is 8.23. The number of alkyl carbamates (subject to hydrolysis) is 1. The van der Waals surface area contributed by atoms with Crippen LogP contribution in [0, 0.1) is 5.92 Å². The first kappa shape index (κ1) is 23.0. The molecule has 2 atom stereocenters. The molecule has 1 unspecified atom stereocenters. The van der Waals surface area contributed by atoms with E-state index in [9.17, 15) is 18.0 Å². The Morgan fingerprint density at radius 1 is 1.27 bits per heavy atom. The van der Waals surface area contributed by atoms with Crippen molar-refractivity contribution in [2.24, 2.45) is 5.92 Å². The molecule has 1 heterocycles. The molecule has 0 radical (unpaired) electrons. The van der Waals surface area contributed by atoms with E-state index in [1.54, 1.807) is 26.8 Å². The van der Waals surface area contributed by atoms with E-state index in [4.69, 9.17) is 9.47 Å². The maximum Gasteiger partial charge on any atom is 0.408 e. The lowest BCUT2D eigenvalue weighted by Gasteiger charge is -2.28. The van der Waals surface area contributed by atoms with Gasteiger partial charge in [-0.15, -0.1) is 6.58 Å². The Balaban J connectivity index is 1.63. The topological polar surface area (TPSA) is 114 Å². The Bertz CT molecular complexity index is 796. The summed E-state index contributed by atoms with van der Waals surface area (Å²) in [6.07, 6.45) is 2.60. The van der Waals surface area contributed by atoms with E-state index in [2.05, 4.69) is 21.5 Å². The van der Waals surface area contributed by atoms with Gasteiger partial charge in [0, 0.05) is 19.0 Å². The highest BCUT2D eigenvalue weighted by molar-refractivity contribution is 7.91. The summed E-state index contributed by atoms with van der Waals surface area (Å²) in [4.78, 5) is 27.4. The maximum atomic E-state index is 13.0. The predicted octanol–water partition coefficient (Wildman–Crippen LogP) is 1.16. The number of hydrogen-bond donors (Lipinski definition) is 2. The van der Waals surface area contributed by atoms with Gasteiger partial charge in [0.05, 0.1) is 18.0 Å². The summed E-state index contributed by atoms with van der Waals surface area (Å²) in [6, 6.07) is 0. The van der Waals surface area contributed by atoms with Crippen LogP contribution in [0.3, 0.4) is 0 Å². The number of sulfonamides is 1. The summed E-state index contributed by atoms with van der Waals surface area (Å²) in [5.74, 6) is -1.07. The SMILES string of the molecule is C=CC1C[C@]1(NC(=O)OC(C)(C)C)C(=O)NS(=O)(=O)C1(CCN2CCOCC2)CC1. The first-order valence-electron chi connectivity index (χ1n) is 10.4. The second kappa shape index (κ2) is 8.12. The number of hydrogen-bond acceptors (Lipinski definition) is 7. The Kier molecular flexibility index (Phi) is 6.23. The van der Waals surface area contributed by atoms with E-state index in [1.165, 1.54) is 0 Å². The quantitative estimate of drug-likeness (QED) is 0.541. The number of morpholine rings is 1. The van der Waals surface area contributed by atoms with Gasteiger partial charge in [0.1, 0.15) is 11.1 Å². The third-order valence-electron chi connectivity index (χ3n) is 6.02. The van der Waals surface area contributed by atoms with E-state index in [-0.39, 0.29) is 12.3 Å². The standard InChI is InChI=1S/C20H33N3O6S/c1-5-15-14-20(15,21-17(25)29-18(2,3)4)16(24)22-30(26,27)19(6-7-19)8-9-23-10-12-28-13-11-23/h5,15H,1,6-14H2,2-4H3,(H,21,25)(H,22,24)/t15?,20-/m1/s1. The molecule has 10 heteroatoms. The average Bonchev–Trinajstić information content (AvgIpc) is 3.54. The highest BCUT2D eigenvalue weighted by Gasteiger charge is 2.63. The molecule has 0 spiro atoms. The van der Waals surface area contributed by atoms with Gasteiger partial charge in [0.25, 0.3) is 5.91 Å². The zero-order chi connectivity index (χ0) is 22.2. The Morgan fingerprint density at radius 3 is 2.40 bits per heavy atom. The summed E-state index contributed by atoms with van der Waals surface area (Å²) in [7, 11) is -3.88. The molecule has 0 aromatic heterocycles. The predicted molar refractivity (Wildman–Crippen MR) is 111 cm³/mol. The lowest BCUT2D eigenvalue weighted by molar-refractivity contribution is -0.122. The fraction of sp³-hybridized carbons (Fsp3) is 0.800. The highest BCUT2D eigenvalue weighted by Crippen LogP contribution is 2.48. The Labute approximate surface area is 178 Å². The summed E-state index contributed by atoms with van der Waals surface area (Å²) in [5.41, 5.74) is -2.07. The molecule has 2 amide bonds. The van der Waals surface area contributed by atoms with Crippen molar-refractivity contribution in [3.63, 3.8) is 0 Å². The van der Waals surface area contributed by atoms with Crippen LogP contribution in [-0.2, 0) is 24.3 Å². The monoisotopic (exact) mass is 443 g/mol. The van der Waals surface area contributed by atoms with Gasteiger partial charge < -0.3 is 14.8 Å². The van der Waals surface area contributed by atoms with Crippen molar-refractivity contribution in [3.8, 4) is 0 Å². The average molecular weight is 444 g/mol. The first-order valence-corrected chi connectivity index (χ1v) is 11.9. The van der Waals surface area contributed by atoms with Gasteiger partial charge >= 0.3 is 6.09 Å². The van der Waals surface area contributed by atoms with E-state index in [0.717, 1.165) is 13.1 Å². The molecule has 3 aliphatic rings. The van der Waals surface area contributed by atoms with E-state index in [1.807, 2.05) is 0 Å². The lowest BCUT2D eigenvalue weighted by atomic mass is 10.2. The largest absolute Gasteiger partial charge is 0.444 e. The van der Waals surface area contributed by atoms with Crippen molar-refractivity contribution in [2.45, 2.75) is 62.3 Å². The molecule has 1 saturated heterocycles. The van der Waals surface area contributed by atoms with Crippen LogP contribution in [0.1, 0.15) is 46.5 Å². The van der Waals surface area contributed by atoms with Crippen molar-refractivity contribution in [1.29, 1.82) is 0 Å². The van der Waals surface area contributed by atoms with Crippen molar-refractivity contribution >= 4 is 22.0 Å². The van der Waals surface area contributed by atoms with Crippen molar-refractivity contribution in [3.05, 3.63) is 12.7 Å². The minimum atomic E-state index is -3.88. The van der Waals surface area contributed by atoms with Gasteiger partial charge in [-0.3, -0.25) is 14.4 Å². The maximum absolute atomic E-state index is 13.0. The number of ether oxygens (including phenoxy) is 2. The van der Waals surface area contributed by atoms with Crippen LogP contribution in [-0.4, -0.2) is 74.1 Å². The number of amides is 2. The van der Waals surface area contributed by atoms with Gasteiger partial charge in [0.15, 0.2) is 0 Å². The molecule has 2 saturated carbocycles. The second-order valence-electron chi connectivity index (χ2n) is 9.47. The molecule has 3 rings (SSSR count). The van der Waals surface area contributed by atoms with Crippen LogP contribution >= 0.6 is 0 Å². The van der Waals surface area contributed by atoms with Crippen LogP contribution in [0.2, 0.25) is 0 Å². The number of carbonyl (C=O) groups excluding carboxylic acids is 2. The van der Waals surface area contributed by atoms with Gasteiger partial charge in [-0.1, -0.05) is 6.08 Å². The Morgan fingerprint density at radius 2 is 1.90 bits per heavy atom. The lowest BCUT2D eigenvalue weighted by Crippen LogP contribution is -2.54. The molecule has 0 aromatic carbocycles. The van der Waals surface area contributed by atoms with Crippen LogP contribution < -0.4 is 10.0 Å². The second-order valence-corrected chi connectivity index (χ2v) is 11.5. The molecular formula is C20H33N3O6S. The summed E-state index contributed by atoms with van der Waals surface area (Å²) in [6.45, 7) is 12.3. The minimum absolute atomic E-state index is 0.290. The molecule has 3 fully saturated rings. The molecular weight excluding hydrogens is 410 g/mol. The van der Waals surface area contributed by atoms with Gasteiger partial charge in [-0.2, -0.15) is 0 Å². The molecule has 2 aliphatic carbocycles. The van der Waals surface area contributed by atoms with E-state index >= 15 is 0 Å². The number of nitrogens with one attached hydrogen (secondary N) is 2. The van der Waals surface area contributed by atoms with E-state index < -0.39 is 37.9 Å². The van der Waals surface area contributed by atoms with Gasteiger partial charge in [0.2, 0.25) is 10.0 Å². The normalized spacial score (nSPS) is 28.3. The van der Waals surface area contributed by atoms with Crippen LogP contribution in [0.5, 0.6) is 0 Å². The molecule has 30 heavy (non-hydrogen) atoms. The highest BCUT2D eigenvalue weighted by atomic mass is 32.2. The molecule has 1 aliphatic heterocycles. The molecule has 9 nitrogen and oxygen atoms in total. The van der Waals surface area contributed by atoms with Gasteiger partial charge in [-0.25, -0.2) is 13.2 Å². The third kappa shape index (κ3) is 4.97. The summed E-state index contributed by atoms with van der Waals surface area (Å²) in [5, 5.41) is 2.57. The number of nitrogens with zero attached hydrogens (tertiary/aromatic N) is 1.